The van der Waals surface area contributed by atoms with Gasteiger partial charge in [-0.3, -0.25) is 0 Å². The SMILES string of the molecule is CNS(=O)(=O)C[C@@H](C)C(C)(C)C. The Morgan fingerprint density at radius 2 is 1.75 bits per heavy atom. The zero-order valence-corrected chi connectivity index (χ0v) is 9.33. The molecule has 74 valence electrons. The van der Waals surface area contributed by atoms with E-state index < -0.39 is 10.0 Å². The fraction of sp³-hybridized carbons (Fsp3) is 1.00. The van der Waals surface area contributed by atoms with E-state index in [-0.39, 0.29) is 17.1 Å². The van der Waals surface area contributed by atoms with Gasteiger partial charge in [-0.15, -0.1) is 0 Å². The highest BCUT2D eigenvalue weighted by molar-refractivity contribution is 7.89. The fourth-order valence-electron chi connectivity index (χ4n) is 0.662. The summed E-state index contributed by atoms with van der Waals surface area (Å²) >= 11 is 0. The van der Waals surface area contributed by atoms with Crippen LogP contribution in [0.3, 0.4) is 0 Å². The molecule has 0 heterocycles. The molecule has 0 aliphatic rings. The molecular formula is C8H19NO2S. The molecule has 0 bridgehead atoms. The van der Waals surface area contributed by atoms with Crippen molar-refractivity contribution in [2.75, 3.05) is 12.8 Å². The first-order chi connectivity index (χ1) is 5.19. The summed E-state index contributed by atoms with van der Waals surface area (Å²) < 4.78 is 24.6. The van der Waals surface area contributed by atoms with Crippen LogP contribution in [0.15, 0.2) is 0 Å². The van der Waals surface area contributed by atoms with E-state index >= 15 is 0 Å². The van der Waals surface area contributed by atoms with Gasteiger partial charge in [-0.1, -0.05) is 27.7 Å². The predicted molar refractivity (Wildman–Crippen MR) is 51.5 cm³/mol. The Kier molecular flexibility index (Phi) is 3.72. The first-order valence-corrected chi connectivity index (χ1v) is 5.75. The average molecular weight is 193 g/mol. The van der Waals surface area contributed by atoms with Crippen LogP contribution in [0.2, 0.25) is 0 Å². The molecule has 0 aromatic heterocycles. The molecule has 0 aromatic carbocycles. The van der Waals surface area contributed by atoms with Crippen LogP contribution >= 0.6 is 0 Å². The van der Waals surface area contributed by atoms with Crippen molar-refractivity contribution in [1.29, 1.82) is 0 Å². The molecule has 0 amide bonds. The molecule has 3 nitrogen and oxygen atoms in total. The molecule has 0 radical (unpaired) electrons. The van der Waals surface area contributed by atoms with Crippen LogP contribution in [0.1, 0.15) is 27.7 Å². The number of hydrogen-bond donors (Lipinski definition) is 1. The van der Waals surface area contributed by atoms with E-state index in [0.29, 0.717) is 0 Å². The van der Waals surface area contributed by atoms with Gasteiger partial charge in [-0.05, 0) is 18.4 Å². The summed E-state index contributed by atoms with van der Waals surface area (Å²) in [5, 5.41) is 0. The van der Waals surface area contributed by atoms with Crippen molar-refractivity contribution in [2.24, 2.45) is 11.3 Å². The molecule has 0 rings (SSSR count). The molecule has 1 atom stereocenters. The predicted octanol–water partition coefficient (Wildman–Crippen LogP) is 1.22. The first kappa shape index (κ1) is 11.9. The summed E-state index contributed by atoms with van der Waals surface area (Å²) in [4.78, 5) is 0. The van der Waals surface area contributed by atoms with Crippen LogP contribution in [0.4, 0.5) is 0 Å². The molecule has 0 spiro atoms. The van der Waals surface area contributed by atoms with Crippen LogP contribution in [-0.4, -0.2) is 21.2 Å². The van der Waals surface area contributed by atoms with Crippen molar-refractivity contribution in [1.82, 2.24) is 4.72 Å². The Bertz CT molecular complexity index is 226. The van der Waals surface area contributed by atoms with E-state index in [2.05, 4.69) is 4.72 Å². The molecule has 0 fully saturated rings. The number of nitrogens with one attached hydrogen (secondary N) is 1. The van der Waals surface area contributed by atoms with Gasteiger partial charge in [0.1, 0.15) is 0 Å². The molecule has 4 heteroatoms. The van der Waals surface area contributed by atoms with Gasteiger partial charge in [-0.25, -0.2) is 13.1 Å². The third-order valence-corrected chi connectivity index (χ3v) is 3.82. The molecular weight excluding hydrogens is 174 g/mol. The molecule has 1 N–H and O–H groups in total. The van der Waals surface area contributed by atoms with Gasteiger partial charge in [0.15, 0.2) is 0 Å². The molecule has 0 aliphatic heterocycles. The summed E-state index contributed by atoms with van der Waals surface area (Å²) in [7, 11) is -1.60. The average Bonchev–Trinajstić information content (AvgIpc) is 1.85. The monoisotopic (exact) mass is 193 g/mol. The maximum absolute atomic E-state index is 11.1. The second-order valence-corrected chi connectivity index (χ2v) is 6.22. The lowest BCUT2D eigenvalue weighted by atomic mass is 9.83. The summed E-state index contributed by atoms with van der Waals surface area (Å²) in [6, 6.07) is 0. The van der Waals surface area contributed by atoms with Gasteiger partial charge in [0.25, 0.3) is 0 Å². The maximum Gasteiger partial charge on any atom is 0.211 e. The van der Waals surface area contributed by atoms with E-state index in [1.807, 2.05) is 27.7 Å². The number of hydrogen-bond acceptors (Lipinski definition) is 2. The summed E-state index contributed by atoms with van der Waals surface area (Å²) in [5.41, 5.74) is 0.0456. The lowest BCUT2D eigenvalue weighted by Gasteiger charge is -2.26. The van der Waals surface area contributed by atoms with E-state index in [9.17, 15) is 8.42 Å². The smallest absolute Gasteiger partial charge is 0.211 e. The third kappa shape index (κ3) is 4.07. The van der Waals surface area contributed by atoms with E-state index in [1.54, 1.807) is 0 Å². The summed E-state index contributed by atoms with van der Waals surface area (Å²) in [6.07, 6.45) is 0. The van der Waals surface area contributed by atoms with E-state index in [0.717, 1.165) is 0 Å². The Labute approximate surface area is 75.6 Å². The van der Waals surface area contributed by atoms with Crippen LogP contribution in [0, 0.1) is 11.3 Å². The molecule has 12 heavy (non-hydrogen) atoms. The topological polar surface area (TPSA) is 46.2 Å². The second-order valence-electron chi connectivity index (χ2n) is 4.25. The molecule has 0 aliphatic carbocycles. The fourth-order valence-corrected chi connectivity index (χ4v) is 1.99. The van der Waals surface area contributed by atoms with Crippen LogP contribution in [0.5, 0.6) is 0 Å². The normalized spacial score (nSPS) is 16.1. The summed E-state index contributed by atoms with van der Waals surface area (Å²) in [5.74, 6) is 0.363. The lowest BCUT2D eigenvalue weighted by Crippen LogP contribution is -2.31. The van der Waals surface area contributed by atoms with Crippen molar-refractivity contribution in [3.8, 4) is 0 Å². The number of rotatable bonds is 3. The Morgan fingerprint density at radius 3 is 2.00 bits per heavy atom. The highest BCUT2D eigenvalue weighted by Gasteiger charge is 2.24. The Balaban J connectivity index is 4.30. The summed E-state index contributed by atoms with van der Waals surface area (Å²) in [6.45, 7) is 8.09. The van der Waals surface area contributed by atoms with Crippen molar-refractivity contribution in [3.63, 3.8) is 0 Å². The van der Waals surface area contributed by atoms with Crippen molar-refractivity contribution in [3.05, 3.63) is 0 Å². The minimum atomic E-state index is -3.05. The van der Waals surface area contributed by atoms with E-state index in [4.69, 9.17) is 0 Å². The van der Waals surface area contributed by atoms with Gasteiger partial charge in [0.05, 0.1) is 5.75 Å². The standard InChI is InChI=1S/C8H19NO2S/c1-7(8(2,3)4)6-12(10,11)9-5/h7,9H,6H2,1-5H3/t7-/m1/s1. The zero-order valence-electron chi connectivity index (χ0n) is 8.51. The van der Waals surface area contributed by atoms with Gasteiger partial charge in [0, 0.05) is 0 Å². The van der Waals surface area contributed by atoms with Crippen molar-refractivity contribution >= 4 is 10.0 Å². The van der Waals surface area contributed by atoms with E-state index in [1.165, 1.54) is 7.05 Å². The van der Waals surface area contributed by atoms with Crippen molar-refractivity contribution < 1.29 is 8.42 Å². The van der Waals surface area contributed by atoms with Crippen LogP contribution < -0.4 is 4.72 Å². The Hall–Kier alpha value is -0.0900. The van der Waals surface area contributed by atoms with Crippen LogP contribution in [-0.2, 0) is 10.0 Å². The minimum Gasteiger partial charge on any atom is -0.218 e. The van der Waals surface area contributed by atoms with Crippen molar-refractivity contribution in [2.45, 2.75) is 27.7 Å². The quantitative estimate of drug-likeness (QED) is 0.732. The molecule has 0 unspecified atom stereocenters. The third-order valence-electron chi connectivity index (χ3n) is 2.26. The van der Waals surface area contributed by atoms with Crippen LogP contribution in [0.25, 0.3) is 0 Å². The molecule has 0 aromatic rings. The highest BCUT2D eigenvalue weighted by atomic mass is 32.2. The highest BCUT2D eigenvalue weighted by Crippen LogP contribution is 2.25. The maximum atomic E-state index is 11.1. The van der Waals surface area contributed by atoms with Gasteiger partial charge in [0.2, 0.25) is 10.0 Å². The van der Waals surface area contributed by atoms with Gasteiger partial charge < -0.3 is 0 Å². The zero-order chi connectivity index (χ0) is 9.99. The minimum absolute atomic E-state index is 0.0456. The largest absolute Gasteiger partial charge is 0.218 e. The lowest BCUT2D eigenvalue weighted by molar-refractivity contribution is 0.285. The molecule has 0 saturated heterocycles. The number of sulfonamides is 1. The molecule has 0 saturated carbocycles. The Morgan fingerprint density at radius 1 is 1.33 bits per heavy atom. The second kappa shape index (κ2) is 3.75. The van der Waals surface area contributed by atoms with Gasteiger partial charge in [-0.2, -0.15) is 0 Å². The van der Waals surface area contributed by atoms with Gasteiger partial charge >= 0.3 is 0 Å². The first-order valence-electron chi connectivity index (χ1n) is 4.10.